The summed E-state index contributed by atoms with van der Waals surface area (Å²) in [5.74, 6) is -0.534. The van der Waals surface area contributed by atoms with Gasteiger partial charge in [-0.15, -0.1) is 0 Å². The maximum absolute atomic E-state index is 12.1. The Kier molecular flexibility index (Phi) is 5.94. The van der Waals surface area contributed by atoms with Crippen molar-refractivity contribution in [3.05, 3.63) is 53.3 Å². The van der Waals surface area contributed by atoms with Crippen LogP contribution in [0.3, 0.4) is 0 Å². The van der Waals surface area contributed by atoms with Crippen LogP contribution in [0.5, 0.6) is 11.5 Å². The summed E-state index contributed by atoms with van der Waals surface area (Å²) < 4.78 is 5.32. The highest BCUT2D eigenvalue weighted by atomic mass is 16.5. The zero-order valence-corrected chi connectivity index (χ0v) is 14.4. The molecule has 0 radical (unpaired) electrons. The van der Waals surface area contributed by atoms with E-state index in [-0.39, 0.29) is 29.9 Å². The Balaban J connectivity index is 1.95. The second-order valence-electron chi connectivity index (χ2n) is 5.59. The Hall–Kier alpha value is -3.09. The number of rotatable bonds is 6. The van der Waals surface area contributed by atoms with Crippen LogP contribution in [0.1, 0.15) is 34.6 Å². The van der Waals surface area contributed by atoms with Crippen LogP contribution >= 0.6 is 0 Å². The molecule has 25 heavy (non-hydrogen) atoms. The second kappa shape index (κ2) is 8.14. The summed E-state index contributed by atoms with van der Waals surface area (Å²) in [5, 5.41) is 14.8. The van der Waals surface area contributed by atoms with Crippen LogP contribution in [0.4, 0.5) is 0 Å². The van der Waals surface area contributed by atoms with Gasteiger partial charge in [-0.25, -0.2) is 4.98 Å². The number of aryl methyl sites for hydroxylation is 1. The minimum absolute atomic E-state index is 0.122. The molecule has 0 spiro atoms. The molecule has 2 amide bonds. The van der Waals surface area contributed by atoms with E-state index in [1.807, 2.05) is 32.0 Å². The predicted octanol–water partition coefficient (Wildman–Crippen LogP) is 1.71. The van der Waals surface area contributed by atoms with Crippen LogP contribution < -0.4 is 15.4 Å². The fourth-order valence-electron chi connectivity index (χ4n) is 2.38. The standard InChI is InChI=1S/C18H21N3O4/c1-11-6-7-15(25-3)13(9-11)12(2)21-16(23)10-20-18(24)17-14(22)5-4-8-19-17/h4-9,12,22H,10H2,1-3H3,(H,20,24)(H,21,23). The number of pyridine rings is 1. The summed E-state index contributed by atoms with van der Waals surface area (Å²) in [4.78, 5) is 27.8. The zero-order chi connectivity index (χ0) is 18.4. The highest BCUT2D eigenvalue weighted by Gasteiger charge is 2.16. The van der Waals surface area contributed by atoms with E-state index in [1.54, 1.807) is 7.11 Å². The van der Waals surface area contributed by atoms with Crippen molar-refractivity contribution in [1.82, 2.24) is 15.6 Å². The lowest BCUT2D eigenvalue weighted by Gasteiger charge is -2.18. The first-order valence-electron chi connectivity index (χ1n) is 7.78. The maximum Gasteiger partial charge on any atom is 0.274 e. The highest BCUT2D eigenvalue weighted by molar-refractivity contribution is 5.96. The third-order valence-corrected chi connectivity index (χ3v) is 3.64. The van der Waals surface area contributed by atoms with Gasteiger partial charge in [0.25, 0.3) is 5.91 Å². The number of amides is 2. The van der Waals surface area contributed by atoms with Gasteiger partial charge in [0, 0.05) is 11.8 Å². The maximum atomic E-state index is 12.1. The molecule has 0 aliphatic heterocycles. The molecule has 0 aliphatic carbocycles. The third-order valence-electron chi connectivity index (χ3n) is 3.64. The zero-order valence-electron chi connectivity index (χ0n) is 14.4. The van der Waals surface area contributed by atoms with Crippen molar-refractivity contribution < 1.29 is 19.4 Å². The van der Waals surface area contributed by atoms with E-state index in [2.05, 4.69) is 15.6 Å². The molecule has 1 unspecified atom stereocenters. The molecule has 7 nitrogen and oxygen atoms in total. The molecule has 132 valence electrons. The quantitative estimate of drug-likeness (QED) is 0.741. The number of aromatic nitrogens is 1. The number of methoxy groups -OCH3 is 1. The van der Waals surface area contributed by atoms with Crippen LogP contribution in [-0.4, -0.2) is 35.6 Å². The molecular weight excluding hydrogens is 322 g/mol. The Labute approximate surface area is 146 Å². The molecule has 2 aromatic rings. The van der Waals surface area contributed by atoms with Gasteiger partial charge in [0.1, 0.15) is 11.5 Å². The van der Waals surface area contributed by atoms with Gasteiger partial charge in [-0.05, 0) is 32.0 Å². The predicted molar refractivity (Wildman–Crippen MR) is 92.5 cm³/mol. The Bertz CT molecular complexity index is 777. The largest absolute Gasteiger partial charge is 0.505 e. The average Bonchev–Trinajstić information content (AvgIpc) is 2.60. The van der Waals surface area contributed by atoms with Gasteiger partial charge in [-0.2, -0.15) is 0 Å². The van der Waals surface area contributed by atoms with Crippen LogP contribution in [-0.2, 0) is 4.79 Å². The summed E-state index contributed by atoms with van der Waals surface area (Å²) in [7, 11) is 1.57. The Morgan fingerprint density at radius 1 is 1.32 bits per heavy atom. The van der Waals surface area contributed by atoms with Crippen LogP contribution in [0.25, 0.3) is 0 Å². The van der Waals surface area contributed by atoms with E-state index in [0.29, 0.717) is 5.75 Å². The molecule has 1 heterocycles. The molecule has 0 aliphatic rings. The minimum atomic E-state index is -0.617. The number of aromatic hydroxyl groups is 1. The average molecular weight is 343 g/mol. The van der Waals surface area contributed by atoms with Crippen molar-refractivity contribution in [1.29, 1.82) is 0 Å². The van der Waals surface area contributed by atoms with E-state index in [4.69, 9.17) is 4.74 Å². The summed E-state index contributed by atoms with van der Waals surface area (Å²) >= 11 is 0. The summed E-state index contributed by atoms with van der Waals surface area (Å²) in [6.45, 7) is 3.56. The lowest BCUT2D eigenvalue weighted by Crippen LogP contribution is -2.38. The van der Waals surface area contributed by atoms with Gasteiger partial charge in [-0.1, -0.05) is 17.7 Å². The molecule has 1 aromatic heterocycles. The topological polar surface area (TPSA) is 101 Å². The molecule has 3 N–H and O–H groups in total. The number of hydrogen-bond acceptors (Lipinski definition) is 5. The molecule has 2 rings (SSSR count). The van der Waals surface area contributed by atoms with Gasteiger partial charge >= 0.3 is 0 Å². The van der Waals surface area contributed by atoms with Gasteiger partial charge in [-0.3, -0.25) is 9.59 Å². The van der Waals surface area contributed by atoms with E-state index in [0.717, 1.165) is 11.1 Å². The van der Waals surface area contributed by atoms with Crippen molar-refractivity contribution in [2.24, 2.45) is 0 Å². The van der Waals surface area contributed by atoms with Crippen LogP contribution in [0.15, 0.2) is 36.5 Å². The van der Waals surface area contributed by atoms with E-state index >= 15 is 0 Å². The van der Waals surface area contributed by atoms with Crippen molar-refractivity contribution in [3.8, 4) is 11.5 Å². The van der Waals surface area contributed by atoms with Crippen LogP contribution in [0.2, 0.25) is 0 Å². The fraction of sp³-hybridized carbons (Fsp3) is 0.278. The van der Waals surface area contributed by atoms with E-state index < -0.39 is 5.91 Å². The number of hydrogen-bond donors (Lipinski definition) is 3. The molecule has 1 aromatic carbocycles. The SMILES string of the molecule is COc1ccc(C)cc1C(C)NC(=O)CNC(=O)c1ncccc1O. The molecule has 0 saturated carbocycles. The molecule has 0 saturated heterocycles. The number of ether oxygens (including phenoxy) is 1. The Morgan fingerprint density at radius 3 is 2.76 bits per heavy atom. The van der Waals surface area contributed by atoms with Crippen molar-refractivity contribution in [3.63, 3.8) is 0 Å². The lowest BCUT2D eigenvalue weighted by molar-refractivity contribution is -0.120. The van der Waals surface area contributed by atoms with Gasteiger partial charge in [0.15, 0.2) is 5.69 Å². The monoisotopic (exact) mass is 343 g/mol. The number of nitrogens with zero attached hydrogens (tertiary/aromatic N) is 1. The molecule has 0 fully saturated rings. The second-order valence-corrected chi connectivity index (χ2v) is 5.59. The first-order chi connectivity index (χ1) is 11.9. The normalized spacial score (nSPS) is 11.5. The summed E-state index contributed by atoms with van der Waals surface area (Å²) in [6.07, 6.45) is 1.39. The van der Waals surface area contributed by atoms with Gasteiger partial charge in [0.2, 0.25) is 5.91 Å². The summed E-state index contributed by atoms with van der Waals surface area (Å²) in [5.41, 5.74) is 1.78. The number of benzene rings is 1. The van der Waals surface area contributed by atoms with Gasteiger partial charge in [0.05, 0.1) is 19.7 Å². The Morgan fingerprint density at radius 2 is 2.08 bits per heavy atom. The van der Waals surface area contributed by atoms with Crippen LogP contribution in [0, 0.1) is 6.92 Å². The molecular formula is C18H21N3O4. The smallest absolute Gasteiger partial charge is 0.274 e. The van der Waals surface area contributed by atoms with Crippen molar-refractivity contribution in [2.45, 2.75) is 19.9 Å². The first-order valence-corrected chi connectivity index (χ1v) is 7.78. The number of nitrogens with one attached hydrogen (secondary N) is 2. The highest BCUT2D eigenvalue weighted by Crippen LogP contribution is 2.25. The van der Waals surface area contributed by atoms with Crippen molar-refractivity contribution >= 4 is 11.8 Å². The molecule has 7 heteroatoms. The summed E-state index contributed by atoms with van der Waals surface area (Å²) in [6, 6.07) is 8.29. The van der Waals surface area contributed by atoms with E-state index in [9.17, 15) is 14.7 Å². The van der Waals surface area contributed by atoms with Crippen molar-refractivity contribution in [2.75, 3.05) is 13.7 Å². The number of carbonyl (C=O) groups is 2. The van der Waals surface area contributed by atoms with E-state index in [1.165, 1.54) is 18.3 Å². The van der Waals surface area contributed by atoms with Gasteiger partial charge < -0.3 is 20.5 Å². The fourth-order valence-corrected chi connectivity index (χ4v) is 2.38. The first kappa shape index (κ1) is 18.3. The molecule has 0 bridgehead atoms. The molecule has 1 atom stereocenters. The lowest BCUT2D eigenvalue weighted by atomic mass is 10.0. The number of carbonyl (C=O) groups excluding carboxylic acids is 2. The minimum Gasteiger partial charge on any atom is -0.505 e. The third kappa shape index (κ3) is 4.69.